The monoisotopic (exact) mass is 297 g/mol. The topological polar surface area (TPSA) is 136 Å². The van der Waals surface area contributed by atoms with Crippen molar-refractivity contribution in [2.24, 2.45) is 0 Å². The lowest BCUT2D eigenvalue weighted by Crippen LogP contribution is -2.15. The molecule has 0 atom stereocenters. The molecule has 1 heterocycles. The van der Waals surface area contributed by atoms with Crippen molar-refractivity contribution in [1.82, 2.24) is 5.16 Å². The predicted molar refractivity (Wildman–Crippen MR) is 69.9 cm³/mol. The molecule has 0 aliphatic carbocycles. The molecule has 1 aromatic carbocycles. The van der Waals surface area contributed by atoms with E-state index in [2.05, 4.69) is 9.88 Å². The smallest absolute Gasteiger partial charge is 0.335 e. The first-order chi connectivity index (χ1) is 9.29. The van der Waals surface area contributed by atoms with Crippen LogP contribution in [0.5, 0.6) is 0 Å². The molecule has 0 amide bonds. The van der Waals surface area contributed by atoms with Crippen LogP contribution in [0.2, 0.25) is 0 Å². The number of aromatic nitrogens is 1. The van der Waals surface area contributed by atoms with Crippen molar-refractivity contribution in [2.75, 3.05) is 10.5 Å². The number of anilines is 2. The second-order valence-electron chi connectivity index (χ2n) is 3.99. The van der Waals surface area contributed by atoms with Gasteiger partial charge in [-0.2, -0.15) is 0 Å². The molecule has 0 aliphatic rings. The summed E-state index contributed by atoms with van der Waals surface area (Å²) in [6.07, 6.45) is 0. The van der Waals surface area contributed by atoms with Gasteiger partial charge >= 0.3 is 5.97 Å². The number of nitrogen functional groups attached to an aromatic ring is 1. The second-order valence-corrected chi connectivity index (χ2v) is 5.64. The Balaban J connectivity index is 2.37. The minimum Gasteiger partial charge on any atom is -0.478 e. The van der Waals surface area contributed by atoms with Gasteiger partial charge in [0.25, 0.3) is 10.0 Å². The molecule has 2 rings (SSSR count). The third-order valence-corrected chi connectivity index (χ3v) is 3.84. The molecule has 0 spiro atoms. The van der Waals surface area contributed by atoms with E-state index in [1.165, 1.54) is 6.07 Å². The molecule has 1 aromatic heterocycles. The number of nitrogens with one attached hydrogen (secondary N) is 1. The van der Waals surface area contributed by atoms with Gasteiger partial charge in [0.2, 0.25) is 0 Å². The summed E-state index contributed by atoms with van der Waals surface area (Å²) >= 11 is 0. The fourth-order valence-corrected chi connectivity index (χ4v) is 2.63. The quantitative estimate of drug-likeness (QED) is 0.718. The van der Waals surface area contributed by atoms with E-state index in [0.29, 0.717) is 5.76 Å². The maximum absolute atomic E-state index is 12.1. The van der Waals surface area contributed by atoms with Crippen molar-refractivity contribution in [3.8, 4) is 0 Å². The number of rotatable bonds is 4. The van der Waals surface area contributed by atoms with Crippen LogP contribution in [0, 0.1) is 6.92 Å². The van der Waals surface area contributed by atoms with Gasteiger partial charge < -0.3 is 15.4 Å². The van der Waals surface area contributed by atoms with Gasteiger partial charge in [-0.05, 0) is 25.1 Å². The number of carboxylic acids is 1. The third kappa shape index (κ3) is 2.72. The first-order valence-electron chi connectivity index (χ1n) is 5.38. The fourth-order valence-electron chi connectivity index (χ4n) is 1.53. The normalized spacial score (nSPS) is 11.2. The van der Waals surface area contributed by atoms with E-state index in [4.69, 9.17) is 15.4 Å². The van der Waals surface area contributed by atoms with Gasteiger partial charge in [-0.1, -0.05) is 5.16 Å². The highest BCUT2D eigenvalue weighted by molar-refractivity contribution is 7.92. The van der Waals surface area contributed by atoms with Crippen molar-refractivity contribution >= 4 is 27.5 Å². The van der Waals surface area contributed by atoms with Crippen molar-refractivity contribution in [1.29, 1.82) is 0 Å². The molecule has 0 saturated heterocycles. The zero-order valence-electron chi connectivity index (χ0n) is 10.3. The summed E-state index contributed by atoms with van der Waals surface area (Å²) in [4.78, 5) is 10.5. The third-order valence-electron chi connectivity index (χ3n) is 2.41. The van der Waals surface area contributed by atoms with Crippen LogP contribution in [0.15, 0.2) is 33.7 Å². The molecule has 0 radical (unpaired) electrons. The molecular weight excluding hydrogens is 286 g/mol. The lowest BCUT2D eigenvalue weighted by Gasteiger charge is -2.08. The number of nitrogens with two attached hydrogens (primary N) is 1. The van der Waals surface area contributed by atoms with Gasteiger partial charge in [-0.15, -0.1) is 0 Å². The number of nitrogens with zero attached hydrogens (tertiary/aromatic N) is 1. The highest BCUT2D eigenvalue weighted by Gasteiger charge is 2.20. The van der Waals surface area contributed by atoms with E-state index in [1.807, 2.05) is 0 Å². The Hall–Kier alpha value is -2.55. The zero-order chi connectivity index (χ0) is 14.9. The predicted octanol–water partition coefficient (Wildman–Crippen LogP) is 1.06. The number of carboxylic acid groups (broad SMARTS) is 1. The number of benzene rings is 1. The molecule has 0 unspecified atom stereocenters. The van der Waals surface area contributed by atoms with Gasteiger partial charge in [0.05, 0.1) is 11.3 Å². The van der Waals surface area contributed by atoms with Crippen molar-refractivity contribution < 1.29 is 22.8 Å². The summed E-state index contributed by atoms with van der Waals surface area (Å²) in [7, 11) is -3.96. The summed E-state index contributed by atoms with van der Waals surface area (Å²) in [5.74, 6) is -0.734. The summed E-state index contributed by atoms with van der Waals surface area (Å²) in [6.45, 7) is 1.61. The Bertz CT molecular complexity index is 766. The molecule has 2 aromatic rings. The van der Waals surface area contributed by atoms with E-state index < -0.39 is 16.0 Å². The maximum Gasteiger partial charge on any atom is 0.335 e. The SMILES string of the molecule is Cc1cc(NS(=O)(=O)c2ccc(C(=O)O)cc2N)no1. The highest BCUT2D eigenvalue weighted by atomic mass is 32.2. The molecule has 0 bridgehead atoms. The van der Waals surface area contributed by atoms with Crippen LogP contribution >= 0.6 is 0 Å². The second kappa shape index (κ2) is 4.85. The number of carbonyl (C=O) groups is 1. The Kier molecular flexibility index (Phi) is 3.36. The standard InChI is InChI=1S/C11H11N3O5S/c1-6-4-10(13-19-6)14-20(17,18)9-3-2-7(11(15)16)5-8(9)12/h2-5H,12H2,1H3,(H,13,14)(H,15,16). The molecule has 8 nitrogen and oxygen atoms in total. The number of aryl methyl sites for hydroxylation is 1. The van der Waals surface area contributed by atoms with E-state index in [1.54, 1.807) is 6.92 Å². The highest BCUT2D eigenvalue weighted by Crippen LogP contribution is 2.22. The Morgan fingerprint density at radius 3 is 2.60 bits per heavy atom. The fraction of sp³-hybridized carbons (Fsp3) is 0.0909. The average Bonchev–Trinajstić information content (AvgIpc) is 2.73. The van der Waals surface area contributed by atoms with Crippen LogP contribution in [0.1, 0.15) is 16.1 Å². The van der Waals surface area contributed by atoms with Crippen LogP contribution in [0.3, 0.4) is 0 Å². The number of hydrogen-bond donors (Lipinski definition) is 3. The molecular formula is C11H11N3O5S. The van der Waals surface area contributed by atoms with E-state index in [9.17, 15) is 13.2 Å². The van der Waals surface area contributed by atoms with E-state index in [-0.39, 0.29) is 22.0 Å². The first-order valence-corrected chi connectivity index (χ1v) is 6.87. The lowest BCUT2D eigenvalue weighted by atomic mass is 10.2. The van der Waals surface area contributed by atoms with Gasteiger partial charge in [0.1, 0.15) is 10.7 Å². The summed E-state index contributed by atoms with van der Waals surface area (Å²) in [6, 6.07) is 4.75. The van der Waals surface area contributed by atoms with Crippen LogP contribution < -0.4 is 10.5 Å². The van der Waals surface area contributed by atoms with E-state index in [0.717, 1.165) is 18.2 Å². The number of sulfonamides is 1. The molecule has 0 saturated carbocycles. The van der Waals surface area contributed by atoms with Crippen LogP contribution in [0.25, 0.3) is 0 Å². The lowest BCUT2D eigenvalue weighted by molar-refractivity contribution is 0.0697. The summed E-state index contributed by atoms with van der Waals surface area (Å²) < 4.78 is 31.1. The largest absolute Gasteiger partial charge is 0.478 e. The van der Waals surface area contributed by atoms with Crippen molar-refractivity contribution in [3.05, 3.63) is 35.6 Å². The van der Waals surface area contributed by atoms with Crippen LogP contribution in [-0.2, 0) is 10.0 Å². The minimum atomic E-state index is -3.96. The molecule has 0 aliphatic heterocycles. The van der Waals surface area contributed by atoms with Crippen molar-refractivity contribution in [3.63, 3.8) is 0 Å². The Morgan fingerprint density at radius 1 is 1.40 bits per heavy atom. The van der Waals surface area contributed by atoms with Gasteiger partial charge in [0, 0.05) is 6.07 Å². The molecule has 9 heteroatoms. The number of hydrogen-bond acceptors (Lipinski definition) is 6. The minimum absolute atomic E-state index is 0.0178. The number of aromatic carboxylic acids is 1. The molecule has 4 N–H and O–H groups in total. The van der Waals surface area contributed by atoms with Gasteiger partial charge in [-0.25, -0.2) is 13.2 Å². The van der Waals surface area contributed by atoms with Crippen molar-refractivity contribution in [2.45, 2.75) is 11.8 Å². The summed E-state index contributed by atoms with van der Waals surface area (Å²) in [5, 5.41) is 12.3. The van der Waals surface area contributed by atoms with Crippen LogP contribution in [0.4, 0.5) is 11.5 Å². The molecule has 20 heavy (non-hydrogen) atoms. The first kappa shape index (κ1) is 13.9. The molecule has 106 valence electrons. The zero-order valence-corrected chi connectivity index (χ0v) is 11.1. The Morgan fingerprint density at radius 2 is 2.10 bits per heavy atom. The average molecular weight is 297 g/mol. The maximum atomic E-state index is 12.1. The Labute approximate surface area is 114 Å². The van der Waals surface area contributed by atoms with Gasteiger partial charge in [0.15, 0.2) is 5.82 Å². The van der Waals surface area contributed by atoms with Gasteiger partial charge in [-0.3, -0.25) is 4.72 Å². The molecule has 0 fully saturated rings. The van der Waals surface area contributed by atoms with Crippen LogP contribution in [-0.4, -0.2) is 24.7 Å². The summed E-state index contributed by atoms with van der Waals surface area (Å²) in [5.41, 5.74) is 5.31. The van der Waals surface area contributed by atoms with E-state index >= 15 is 0 Å².